The van der Waals surface area contributed by atoms with Gasteiger partial charge in [-0.2, -0.15) is 0 Å². The van der Waals surface area contributed by atoms with Gasteiger partial charge in [-0.1, -0.05) is 13.8 Å². The van der Waals surface area contributed by atoms with Crippen LogP contribution < -0.4 is 4.74 Å². The topological polar surface area (TPSA) is 12.5 Å². The Morgan fingerprint density at radius 1 is 1.40 bits per heavy atom. The molecule has 0 radical (unpaired) electrons. The van der Waals surface area contributed by atoms with Crippen LogP contribution in [0.5, 0.6) is 5.75 Å². The summed E-state index contributed by atoms with van der Waals surface area (Å²) in [5.74, 6) is 1.27. The van der Waals surface area contributed by atoms with Gasteiger partial charge in [0, 0.05) is 37.0 Å². The number of hydrogen-bond donors (Lipinski definition) is 0. The predicted molar refractivity (Wildman–Crippen MR) is 81.2 cm³/mol. The van der Waals surface area contributed by atoms with E-state index < -0.39 is 0 Å². The van der Waals surface area contributed by atoms with Crippen LogP contribution in [-0.4, -0.2) is 36.0 Å². The summed E-state index contributed by atoms with van der Waals surface area (Å²) in [6.07, 6.45) is 3.12. The van der Waals surface area contributed by atoms with Crippen molar-refractivity contribution in [2.75, 3.05) is 19.0 Å². The first-order valence-electron chi connectivity index (χ1n) is 7.43. The van der Waals surface area contributed by atoms with Crippen LogP contribution in [0.15, 0.2) is 18.2 Å². The van der Waals surface area contributed by atoms with Crippen molar-refractivity contribution in [2.45, 2.75) is 45.3 Å². The zero-order valence-corrected chi connectivity index (χ0v) is 13.0. The first-order chi connectivity index (χ1) is 9.67. The Kier molecular flexibility index (Phi) is 5.67. The third-order valence-corrected chi connectivity index (χ3v) is 4.20. The van der Waals surface area contributed by atoms with E-state index in [1.807, 2.05) is 0 Å². The molecule has 1 unspecified atom stereocenters. The van der Waals surface area contributed by atoms with Crippen LogP contribution in [0, 0.1) is 5.82 Å². The lowest BCUT2D eigenvalue weighted by molar-refractivity contribution is 0.117. The molecule has 0 fully saturated rings. The highest BCUT2D eigenvalue weighted by Crippen LogP contribution is 2.30. The molecule has 0 saturated carbocycles. The number of hydrogen-bond acceptors (Lipinski definition) is 2. The van der Waals surface area contributed by atoms with Crippen molar-refractivity contribution in [2.24, 2.45) is 0 Å². The van der Waals surface area contributed by atoms with Crippen LogP contribution >= 0.6 is 11.6 Å². The molecular formula is C16H23ClFNO. The summed E-state index contributed by atoms with van der Waals surface area (Å²) < 4.78 is 19.2. The fraction of sp³-hybridized carbons (Fsp3) is 0.625. The van der Waals surface area contributed by atoms with Gasteiger partial charge in [0.2, 0.25) is 0 Å². The van der Waals surface area contributed by atoms with Crippen LogP contribution in [0.1, 0.15) is 32.3 Å². The summed E-state index contributed by atoms with van der Waals surface area (Å²) >= 11 is 5.92. The standard InChI is InChI=1S/C16H23ClFNO/c1-3-14(4-2)19(8-7-17)11-15-10-12-9-13(18)5-6-16(12)20-15/h5-6,9,14-15H,3-4,7-8,10-11H2,1-2H3. The molecule has 1 heterocycles. The predicted octanol–water partition coefficient (Wildman–Crippen LogP) is 3.86. The molecule has 2 nitrogen and oxygen atoms in total. The highest BCUT2D eigenvalue weighted by Gasteiger charge is 2.27. The molecule has 4 heteroatoms. The van der Waals surface area contributed by atoms with E-state index in [2.05, 4.69) is 18.7 Å². The van der Waals surface area contributed by atoms with Gasteiger partial charge in [-0.3, -0.25) is 4.90 Å². The third-order valence-electron chi connectivity index (χ3n) is 4.03. The number of fused-ring (bicyclic) bond motifs is 1. The molecule has 1 aromatic carbocycles. The average molecular weight is 300 g/mol. The van der Waals surface area contributed by atoms with Crippen molar-refractivity contribution in [1.29, 1.82) is 0 Å². The Bertz CT molecular complexity index is 436. The molecule has 112 valence electrons. The summed E-state index contributed by atoms with van der Waals surface area (Å²) in [4.78, 5) is 2.40. The van der Waals surface area contributed by atoms with Gasteiger partial charge in [0.1, 0.15) is 17.7 Å². The smallest absolute Gasteiger partial charge is 0.123 e. The molecule has 0 bridgehead atoms. The van der Waals surface area contributed by atoms with E-state index in [0.717, 1.165) is 43.7 Å². The van der Waals surface area contributed by atoms with Crippen molar-refractivity contribution >= 4 is 11.6 Å². The van der Waals surface area contributed by atoms with E-state index in [9.17, 15) is 4.39 Å². The van der Waals surface area contributed by atoms with Crippen molar-refractivity contribution in [1.82, 2.24) is 4.90 Å². The second-order valence-corrected chi connectivity index (χ2v) is 5.73. The van der Waals surface area contributed by atoms with Crippen LogP contribution in [0.25, 0.3) is 0 Å². The minimum absolute atomic E-state index is 0.107. The van der Waals surface area contributed by atoms with Crippen molar-refractivity contribution < 1.29 is 9.13 Å². The van der Waals surface area contributed by atoms with Gasteiger partial charge in [0.25, 0.3) is 0 Å². The van der Waals surface area contributed by atoms with Crippen LogP contribution in [-0.2, 0) is 6.42 Å². The Morgan fingerprint density at radius 2 is 2.15 bits per heavy atom. The molecule has 1 atom stereocenters. The number of benzene rings is 1. The molecule has 1 aliphatic heterocycles. The van der Waals surface area contributed by atoms with Crippen molar-refractivity contribution in [3.63, 3.8) is 0 Å². The lowest BCUT2D eigenvalue weighted by Crippen LogP contribution is -2.42. The fourth-order valence-corrected chi connectivity index (χ4v) is 3.21. The molecule has 1 aliphatic rings. The zero-order valence-electron chi connectivity index (χ0n) is 12.2. The van der Waals surface area contributed by atoms with Crippen LogP contribution in [0.3, 0.4) is 0 Å². The largest absolute Gasteiger partial charge is 0.488 e. The number of alkyl halides is 1. The number of ether oxygens (including phenoxy) is 1. The van der Waals surface area contributed by atoms with Crippen LogP contribution in [0.2, 0.25) is 0 Å². The van der Waals surface area contributed by atoms with Crippen molar-refractivity contribution in [3.05, 3.63) is 29.6 Å². The maximum Gasteiger partial charge on any atom is 0.123 e. The van der Waals surface area contributed by atoms with Gasteiger partial charge >= 0.3 is 0 Å². The molecule has 0 spiro atoms. The Morgan fingerprint density at radius 3 is 2.80 bits per heavy atom. The Labute approximate surface area is 125 Å². The number of nitrogens with zero attached hydrogens (tertiary/aromatic N) is 1. The second kappa shape index (κ2) is 7.28. The minimum atomic E-state index is -0.189. The van der Waals surface area contributed by atoms with E-state index >= 15 is 0 Å². The Hall–Kier alpha value is -0.800. The molecule has 0 aliphatic carbocycles. The molecular weight excluding hydrogens is 277 g/mol. The lowest BCUT2D eigenvalue weighted by atomic mass is 10.1. The summed E-state index contributed by atoms with van der Waals surface area (Å²) in [5, 5.41) is 0. The molecule has 0 saturated heterocycles. The number of halogens is 2. The fourth-order valence-electron chi connectivity index (χ4n) is 2.99. The average Bonchev–Trinajstić information content (AvgIpc) is 2.81. The van der Waals surface area contributed by atoms with Gasteiger partial charge in [-0.05, 0) is 31.0 Å². The third kappa shape index (κ3) is 3.64. The summed E-state index contributed by atoms with van der Waals surface area (Å²) in [7, 11) is 0. The van der Waals surface area contributed by atoms with E-state index in [1.54, 1.807) is 12.1 Å². The van der Waals surface area contributed by atoms with Crippen LogP contribution in [0.4, 0.5) is 4.39 Å². The number of rotatable bonds is 7. The van der Waals surface area contributed by atoms with E-state index in [-0.39, 0.29) is 11.9 Å². The maximum atomic E-state index is 13.2. The van der Waals surface area contributed by atoms with Crippen molar-refractivity contribution in [3.8, 4) is 5.75 Å². The van der Waals surface area contributed by atoms with E-state index in [4.69, 9.17) is 16.3 Å². The van der Waals surface area contributed by atoms with Gasteiger partial charge in [-0.25, -0.2) is 4.39 Å². The van der Waals surface area contributed by atoms with E-state index in [0.29, 0.717) is 11.9 Å². The molecule has 0 aromatic heterocycles. The summed E-state index contributed by atoms with van der Waals surface area (Å²) in [6.45, 7) is 6.14. The lowest BCUT2D eigenvalue weighted by Gasteiger charge is -2.31. The second-order valence-electron chi connectivity index (χ2n) is 5.35. The first-order valence-corrected chi connectivity index (χ1v) is 7.96. The normalized spacial score (nSPS) is 17.6. The van der Waals surface area contributed by atoms with Gasteiger partial charge in [-0.15, -0.1) is 11.6 Å². The Balaban J connectivity index is 1.99. The molecule has 2 rings (SSSR count). The van der Waals surface area contributed by atoms with Gasteiger partial charge < -0.3 is 4.74 Å². The summed E-state index contributed by atoms with van der Waals surface area (Å²) in [6, 6.07) is 5.31. The molecule has 20 heavy (non-hydrogen) atoms. The molecule has 0 N–H and O–H groups in total. The highest BCUT2D eigenvalue weighted by molar-refractivity contribution is 6.18. The molecule has 1 aromatic rings. The highest BCUT2D eigenvalue weighted by atomic mass is 35.5. The van der Waals surface area contributed by atoms with E-state index in [1.165, 1.54) is 6.07 Å². The zero-order chi connectivity index (χ0) is 14.5. The summed E-state index contributed by atoms with van der Waals surface area (Å²) in [5.41, 5.74) is 0.977. The minimum Gasteiger partial charge on any atom is -0.488 e. The quantitative estimate of drug-likeness (QED) is 0.709. The van der Waals surface area contributed by atoms with Gasteiger partial charge in [0.05, 0.1) is 0 Å². The van der Waals surface area contributed by atoms with Gasteiger partial charge in [0.15, 0.2) is 0 Å². The monoisotopic (exact) mass is 299 g/mol. The molecule has 0 amide bonds. The maximum absolute atomic E-state index is 13.2. The first kappa shape index (κ1) is 15.6. The SMILES string of the molecule is CCC(CC)N(CCCl)CC1Cc2cc(F)ccc2O1.